The summed E-state index contributed by atoms with van der Waals surface area (Å²) in [5.41, 5.74) is 1.40. The maximum atomic E-state index is 12.3. The Morgan fingerprint density at radius 3 is 2.77 bits per heavy atom. The fraction of sp³-hybridized carbons (Fsp3) is 0.125. The van der Waals surface area contributed by atoms with Crippen LogP contribution in [0.2, 0.25) is 5.02 Å². The molecule has 0 aliphatic heterocycles. The van der Waals surface area contributed by atoms with Gasteiger partial charge in [-0.2, -0.15) is 4.99 Å². The van der Waals surface area contributed by atoms with Crippen LogP contribution in [0.25, 0.3) is 10.2 Å². The molecule has 3 aromatic rings. The summed E-state index contributed by atoms with van der Waals surface area (Å²) in [6.45, 7) is 0. The lowest BCUT2D eigenvalue weighted by molar-refractivity contribution is 0.0998. The molecule has 3 rings (SSSR count). The van der Waals surface area contributed by atoms with Crippen LogP contribution >= 0.6 is 22.9 Å². The summed E-state index contributed by atoms with van der Waals surface area (Å²) >= 11 is 7.48. The Bertz CT molecular complexity index is 927. The lowest BCUT2D eigenvalue weighted by Crippen LogP contribution is -2.13. The minimum atomic E-state index is -0.347. The van der Waals surface area contributed by atoms with Crippen molar-refractivity contribution in [1.82, 2.24) is 4.57 Å². The van der Waals surface area contributed by atoms with Gasteiger partial charge in [0.25, 0.3) is 5.91 Å². The molecule has 1 amide bonds. The van der Waals surface area contributed by atoms with Crippen LogP contribution in [-0.4, -0.2) is 17.6 Å². The largest absolute Gasteiger partial charge is 0.497 e. The van der Waals surface area contributed by atoms with Crippen LogP contribution in [0.15, 0.2) is 47.5 Å². The molecule has 0 saturated carbocycles. The molecular weight excluding hydrogens is 320 g/mol. The van der Waals surface area contributed by atoms with Gasteiger partial charge in [-0.25, -0.2) is 0 Å². The molecule has 1 heterocycles. The average molecular weight is 333 g/mol. The Morgan fingerprint density at radius 1 is 1.27 bits per heavy atom. The molecule has 0 fully saturated rings. The molecule has 0 unspecified atom stereocenters. The Kier molecular flexibility index (Phi) is 4.00. The second-order valence-electron chi connectivity index (χ2n) is 4.67. The number of methoxy groups -OCH3 is 1. The van der Waals surface area contributed by atoms with Crippen molar-refractivity contribution < 1.29 is 9.53 Å². The quantitative estimate of drug-likeness (QED) is 0.719. The molecule has 0 saturated heterocycles. The zero-order valence-electron chi connectivity index (χ0n) is 12.0. The van der Waals surface area contributed by atoms with Crippen molar-refractivity contribution in [2.45, 2.75) is 0 Å². The van der Waals surface area contributed by atoms with Gasteiger partial charge in [-0.05, 0) is 30.3 Å². The molecule has 0 aliphatic carbocycles. The van der Waals surface area contributed by atoms with E-state index in [1.54, 1.807) is 31.4 Å². The van der Waals surface area contributed by atoms with E-state index in [9.17, 15) is 4.79 Å². The lowest BCUT2D eigenvalue weighted by atomic mass is 10.2. The number of aryl methyl sites for hydroxylation is 1. The summed E-state index contributed by atoms with van der Waals surface area (Å²) < 4.78 is 8.11. The van der Waals surface area contributed by atoms with E-state index in [1.807, 2.05) is 29.8 Å². The highest BCUT2D eigenvalue weighted by Crippen LogP contribution is 2.22. The molecule has 0 aliphatic rings. The number of rotatable bonds is 2. The topological polar surface area (TPSA) is 43.6 Å². The molecule has 0 radical (unpaired) electrons. The third-order valence-corrected chi connectivity index (χ3v) is 4.74. The van der Waals surface area contributed by atoms with E-state index in [0.717, 1.165) is 16.0 Å². The normalized spacial score (nSPS) is 11.9. The van der Waals surface area contributed by atoms with Gasteiger partial charge in [0.2, 0.25) is 0 Å². The summed E-state index contributed by atoms with van der Waals surface area (Å²) in [6.07, 6.45) is 0. The van der Waals surface area contributed by atoms with E-state index in [1.165, 1.54) is 11.3 Å². The molecule has 112 valence electrons. The summed E-state index contributed by atoms with van der Waals surface area (Å²) in [4.78, 5) is 17.1. The lowest BCUT2D eigenvalue weighted by Gasteiger charge is -1.99. The number of hydrogen-bond acceptors (Lipinski definition) is 3. The molecule has 0 N–H and O–H groups in total. The first-order valence-electron chi connectivity index (χ1n) is 6.57. The maximum Gasteiger partial charge on any atom is 0.281 e. The van der Waals surface area contributed by atoms with Gasteiger partial charge in [-0.1, -0.05) is 35.1 Å². The Balaban J connectivity index is 2.11. The maximum absolute atomic E-state index is 12.3. The average Bonchev–Trinajstić information content (AvgIpc) is 2.83. The van der Waals surface area contributed by atoms with E-state index >= 15 is 0 Å². The van der Waals surface area contributed by atoms with Crippen LogP contribution in [-0.2, 0) is 7.05 Å². The predicted octanol–water partition coefficient (Wildman–Crippen LogP) is 3.64. The van der Waals surface area contributed by atoms with Gasteiger partial charge in [0.05, 0.1) is 27.9 Å². The van der Waals surface area contributed by atoms with Gasteiger partial charge in [0.1, 0.15) is 5.75 Å². The molecule has 22 heavy (non-hydrogen) atoms. The van der Waals surface area contributed by atoms with E-state index in [4.69, 9.17) is 16.3 Å². The van der Waals surface area contributed by atoms with Crippen molar-refractivity contribution in [3.05, 3.63) is 57.9 Å². The van der Waals surface area contributed by atoms with Gasteiger partial charge in [-0.15, -0.1) is 0 Å². The monoisotopic (exact) mass is 332 g/mol. The fourth-order valence-corrected chi connectivity index (χ4v) is 3.39. The fourth-order valence-electron chi connectivity index (χ4n) is 2.13. The van der Waals surface area contributed by atoms with Crippen molar-refractivity contribution in [3.63, 3.8) is 0 Å². The number of aromatic nitrogens is 1. The minimum absolute atomic E-state index is 0.347. The number of benzene rings is 2. The first-order chi connectivity index (χ1) is 10.6. The van der Waals surface area contributed by atoms with Gasteiger partial charge >= 0.3 is 0 Å². The Morgan fingerprint density at radius 2 is 2.05 bits per heavy atom. The number of ether oxygens (including phenoxy) is 1. The number of hydrogen-bond donors (Lipinski definition) is 0. The molecule has 0 bridgehead atoms. The zero-order chi connectivity index (χ0) is 15.7. The van der Waals surface area contributed by atoms with E-state index in [-0.39, 0.29) is 5.91 Å². The van der Waals surface area contributed by atoms with Crippen LogP contribution < -0.4 is 9.54 Å². The van der Waals surface area contributed by atoms with Crippen LogP contribution in [0.5, 0.6) is 5.75 Å². The Hall–Kier alpha value is -2.11. The van der Waals surface area contributed by atoms with Gasteiger partial charge in [0.15, 0.2) is 4.80 Å². The number of halogens is 1. The molecule has 1 aromatic heterocycles. The number of thiazole rings is 1. The molecule has 0 atom stereocenters. The van der Waals surface area contributed by atoms with Gasteiger partial charge in [-0.3, -0.25) is 4.79 Å². The van der Waals surface area contributed by atoms with Gasteiger partial charge in [0, 0.05) is 7.05 Å². The number of amides is 1. The molecule has 4 nitrogen and oxygen atoms in total. The third-order valence-electron chi connectivity index (χ3n) is 3.32. The SMILES string of the molecule is COc1ccc2c(c1)sc(=NC(=O)c1ccccc1Cl)n2C. The molecule has 6 heteroatoms. The second kappa shape index (κ2) is 5.94. The van der Waals surface area contributed by atoms with Crippen LogP contribution in [0, 0.1) is 0 Å². The van der Waals surface area contributed by atoms with Crippen molar-refractivity contribution in [2.75, 3.05) is 7.11 Å². The number of fused-ring (bicyclic) bond motifs is 1. The first-order valence-corrected chi connectivity index (χ1v) is 7.77. The first kappa shape index (κ1) is 14.8. The second-order valence-corrected chi connectivity index (χ2v) is 6.09. The van der Waals surface area contributed by atoms with Crippen molar-refractivity contribution >= 4 is 39.1 Å². The van der Waals surface area contributed by atoms with E-state index in [2.05, 4.69) is 4.99 Å². The van der Waals surface area contributed by atoms with Gasteiger partial charge < -0.3 is 9.30 Å². The van der Waals surface area contributed by atoms with Crippen LogP contribution in [0.1, 0.15) is 10.4 Å². The molecule has 2 aromatic carbocycles. The highest BCUT2D eigenvalue weighted by atomic mass is 35.5. The summed E-state index contributed by atoms with van der Waals surface area (Å²) in [5, 5.41) is 0.404. The minimum Gasteiger partial charge on any atom is -0.497 e. The highest BCUT2D eigenvalue weighted by molar-refractivity contribution is 7.16. The van der Waals surface area contributed by atoms with E-state index < -0.39 is 0 Å². The molecule has 0 spiro atoms. The Labute approximate surface area is 136 Å². The number of carbonyl (C=O) groups excluding carboxylic acids is 1. The standard InChI is InChI=1S/C16H13ClN2O2S/c1-19-13-8-7-10(21-2)9-14(13)22-16(19)18-15(20)11-5-3-4-6-12(11)17/h3-9H,1-2H3. The molecular formula is C16H13ClN2O2S. The highest BCUT2D eigenvalue weighted by Gasteiger charge is 2.10. The van der Waals surface area contributed by atoms with Crippen molar-refractivity contribution in [1.29, 1.82) is 0 Å². The predicted molar refractivity (Wildman–Crippen MR) is 88.7 cm³/mol. The van der Waals surface area contributed by atoms with Crippen LogP contribution in [0.3, 0.4) is 0 Å². The van der Waals surface area contributed by atoms with E-state index in [0.29, 0.717) is 15.4 Å². The van der Waals surface area contributed by atoms with Crippen molar-refractivity contribution in [3.8, 4) is 5.75 Å². The zero-order valence-corrected chi connectivity index (χ0v) is 13.6. The van der Waals surface area contributed by atoms with Crippen molar-refractivity contribution in [2.24, 2.45) is 12.0 Å². The number of nitrogens with zero attached hydrogens (tertiary/aromatic N) is 2. The summed E-state index contributed by atoms with van der Waals surface area (Å²) in [7, 11) is 3.50. The van der Waals surface area contributed by atoms with Crippen LogP contribution in [0.4, 0.5) is 0 Å². The smallest absolute Gasteiger partial charge is 0.281 e. The summed E-state index contributed by atoms with van der Waals surface area (Å²) in [6, 6.07) is 12.7. The third kappa shape index (κ3) is 2.65. The number of carbonyl (C=O) groups is 1. The summed E-state index contributed by atoms with van der Waals surface area (Å²) in [5.74, 6) is 0.429.